The van der Waals surface area contributed by atoms with Gasteiger partial charge in [0.1, 0.15) is 22.7 Å². The average molecular weight is 1080 g/mol. The third kappa shape index (κ3) is 15.1. The summed E-state index contributed by atoms with van der Waals surface area (Å²) in [6.45, 7) is 12.7. The number of carbonyl (C=O) groups is 4. The Kier molecular flexibility index (Phi) is 22.7. The van der Waals surface area contributed by atoms with Crippen LogP contribution in [0.4, 0.5) is 0 Å². The molecule has 8 N–H and O–H groups in total. The maximum absolute atomic E-state index is 13.1. The van der Waals surface area contributed by atoms with E-state index in [1.807, 2.05) is 13.8 Å². The molecule has 8 rings (SSSR count). The largest absolute Gasteiger partial charge is 0.478 e. The first kappa shape index (κ1) is 62.4. The molecule has 0 atom stereocenters. The van der Waals surface area contributed by atoms with E-state index >= 15 is 0 Å². The second kappa shape index (κ2) is 27.2. The number of hydrogen-bond donors (Lipinski definition) is 7. The van der Waals surface area contributed by atoms with Crippen LogP contribution in [0.15, 0.2) is 45.1 Å². The summed E-state index contributed by atoms with van der Waals surface area (Å²) in [5, 5.41) is 34.2. The summed E-state index contributed by atoms with van der Waals surface area (Å²) in [7, 11) is -2.27. The maximum Gasteiger partial charge on any atom is 0.335 e. The molecule has 416 valence electrons. The van der Waals surface area contributed by atoms with Gasteiger partial charge in [0.2, 0.25) is 20.0 Å². The molecule has 0 aromatic heterocycles. The van der Waals surface area contributed by atoms with Crippen molar-refractivity contribution in [3.05, 3.63) is 79.6 Å². The predicted octanol–water partition coefficient (Wildman–Crippen LogP) is 5.44. The molecule has 75 heavy (non-hydrogen) atoms. The smallest absolute Gasteiger partial charge is 0.335 e. The van der Waals surface area contributed by atoms with Crippen molar-refractivity contribution in [1.29, 1.82) is 0 Å². The molecule has 0 radical (unpaired) electrons. The molecule has 19 nitrogen and oxygen atoms in total. The van der Waals surface area contributed by atoms with Gasteiger partial charge in [-0.05, 0) is 168 Å². The molecule has 6 aliphatic rings. The van der Waals surface area contributed by atoms with Gasteiger partial charge in [0.05, 0.1) is 5.56 Å². The third-order valence-corrected chi connectivity index (χ3v) is 18.5. The number of aliphatic imine (C=N–C) groups is 2. The van der Waals surface area contributed by atoms with Crippen LogP contribution in [0.3, 0.4) is 0 Å². The number of aliphatic hydroxyl groups is 2. The number of nitrogens with zero attached hydrogens (tertiary/aromatic N) is 4. The van der Waals surface area contributed by atoms with Crippen molar-refractivity contribution in [2.75, 3.05) is 54.5 Å². The first-order valence-corrected chi connectivity index (χ1v) is 28.9. The van der Waals surface area contributed by atoms with E-state index in [0.29, 0.717) is 65.7 Å². The molecule has 2 saturated carbocycles. The Hall–Kier alpha value is -5.16. The number of rotatable bonds is 10. The van der Waals surface area contributed by atoms with Crippen LogP contribution in [-0.4, -0.2) is 142 Å². The summed E-state index contributed by atoms with van der Waals surface area (Å²) in [5.41, 5.74) is 8.05. The SMILES string of the molecule is CN.CNC(=O)c1cc(C)c(/C=C/S(=O)(=O)N2CCC3(CC2)N=C(C2CCC(C)CC2)NC3=O)c(C)c1.CO.CO.Cc1cc(C(=O)O)cc(C)c1/C=C/S(=O)(=O)N1CCC2(CC1)N=C(C1CCC(C)CC1)NC2=O. The fourth-order valence-electron chi connectivity index (χ4n) is 10.8. The van der Waals surface area contributed by atoms with Gasteiger partial charge >= 0.3 is 5.97 Å². The zero-order valence-corrected chi connectivity index (χ0v) is 47.2. The molecule has 2 aromatic rings. The monoisotopic (exact) mass is 1080 g/mol. The highest BCUT2D eigenvalue weighted by molar-refractivity contribution is 7.92. The van der Waals surface area contributed by atoms with E-state index in [4.69, 9.17) is 20.2 Å². The minimum atomic E-state index is -3.69. The van der Waals surface area contributed by atoms with Crippen LogP contribution in [0.25, 0.3) is 12.2 Å². The van der Waals surface area contributed by atoms with Gasteiger partial charge in [-0.2, -0.15) is 8.61 Å². The first-order valence-electron chi connectivity index (χ1n) is 25.9. The zero-order chi connectivity index (χ0) is 56.1. The number of nitrogens with one attached hydrogen (secondary N) is 3. The summed E-state index contributed by atoms with van der Waals surface area (Å²) < 4.78 is 55.0. The lowest BCUT2D eigenvalue weighted by molar-refractivity contribution is -0.125. The molecule has 3 amide bonds. The van der Waals surface area contributed by atoms with Crippen molar-refractivity contribution in [3.63, 3.8) is 0 Å². The highest BCUT2D eigenvalue weighted by Crippen LogP contribution is 2.38. The first-order chi connectivity index (χ1) is 35.5. The minimum Gasteiger partial charge on any atom is -0.478 e. The third-order valence-electron chi connectivity index (χ3n) is 15.4. The number of carboxylic acid groups (broad SMARTS) is 1. The lowest BCUT2D eigenvalue weighted by atomic mass is 9.82. The number of nitrogens with two attached hydrogens (primary N) is 1. The summed E-state index contributed by atoms with van der Waals surface area (Å²) in [4.78, 5) is 58.6. The van der Waals surface area contributed by atoms with Gasteiger partial charge in [-0.15, -0.1) is 0 Å². The quantitative estimate of drug-likeness (QED) is 0.157. The van der Waals surface area contributed by atoms with Crippen LogP contribution in [-0.2, 0) is 29.6 Å². The molecular weight excluding hydrogens is 1000 g/mol. The Balaban J connectivity index is 0.000000295. The molecule has 2 saturated heterocycles. The van der Waals surface area contributed by atoms with E-state index in [1.54, 1.807) is 39.1 Å². The number of carbonyl (C=O) groups excluding carboxylic acids is 3. The number of piperidine rings is 2. The van der Waals surface area contributed by atoms with Crippen molar-refractivity contribution in [2.45, 2.75) is 130 Å². The van der Waals surface area contributed by atoms with E-state index in [1.165, 1.54) is 44.7 Å². The summed E-state index contributed by atoms with van der Waals surface area (Å²) in [6, 6.07) is 6.58. The van der Waals surface area contributed by atoms with E-state index in [0.717, 1.165) is 99.9 Å². The molecule has 2 spiro atoms. The molecule has 0 bridgehead atoms. The van der Waals surface area contributed by atoms with Crippen LogP contribution in [0.2, 0.25) is 0 Å². The highest BCUT2D eigenvalue weighted by Gasteiger charge is 2.50. The number of aryl methyl sites for hydroxylation is 4. The van der Waals surface area contributed by atoms with Gasteiger partial charge in [0.15, 0.2) is 0 Å². The standard InChI is InChI=1S/C26H36N4O4S.C25H33N3O5S.CH5N.2CH4O/c1-17-5-7-20(8-6-17)23-28-25(32)26(29-23)10-12-30(13-11-26)35(33,34)14-9-22-18(2)15-21(16-19(22)3)24(31)27-4;1-16-4-6-19(7-5-16)22-26-24(31)25(27-22)9-11-28(12-10-25)34(32,33)13-8-21-17(2)14-20(23(29)30)15-18(21)3;3*1-2/h9,14-17,20H,5-8,10-13H2,1-4H3,(H,27,31)(H,28,29,32);8,13-16,19H,4-7,9-12H2,1-3H3,(H,29,30)(H,26,27,31);2H2,1H3;2*2H,1H3/b14-9+;13-8+;;;. The number of amides is 3. The Morgan fingerprint density at radius 2 is 0.920 bits per heavy atom. The number of amidine groups is 2. The number of hydrogen-bond acceptors (Lipinski definition) is 13. The van der Waals surface area contributed by atoms with E-state index in [2.05, 4.69) is 35.5 Å². The van der Waals surface area contributed by atoms with Crippen molar-refractivity contribution in [3.8, 4) is 0 Å². The van der Waals surface area contributed by atoms with Gasteiger partial charge < -0.3 is 37.0 Å². The summed E-state index contributed by atoms with van der Waals surface area (Å²) in [6.07, 6.45) is 13.4. The minimum absolute atomic E-state index is 0.0823. The van der Waals surface area contributed by atoms with E-state index < -0.39 is 37.1 Å². The summed E-state index contributed by atoms with van der Waals surface area (Å²) in [5.74, 6) is 2.27. The number of aliphatic hydroxyl groups excluding tert-OH is 2. The van der Waals surface area contributed by atoms with Crippen molar-refractivity contribution in [1.82, 2.24) is 24.6 Å². The van der Waals surface area contributed by atoms with Crippen LogP contribution < -0.4 is 21.7 Å². The molecule has 2 aliphatic carbocycles. The zero-order valence-electron chi connectivity index (χ0n) is 45.5. The van der Waals surface area contributed by atoms with Crippen LogP contribution in [0.1, 0.15) is 145 Å². The second-order valence-corrected chi connectivity index (χ2v) is 23.9. The molecule has 21 heteroatoms. The van der Waals surface area contributed by atoms with E-state index in [9.17, 15) is 41.1 Å². The molecular formula is C54H82N8O11S2. The Morgan fingerprint density at radius 1 is 0.613 bits per heavy atom. The summed E-state index contributed by atoms with van der Waals surface area (Å²) >= 11 is 0. The fraction of sp³-hybridized carbons (Fsp3) is 0.593. The average Bonchev–Trinajstić information content (AvgIpc) is 3.88. The van der Waals surface area contributed by atoms with Crippen LogP contribution in [0, 0.1) is 51.4 Å². The fourth-order valence-corrected chi connectivity index (χ4v) is 13.1. The molecule has 4 fully saturated rings. The molecule has 0 unspecified atom stereocenters. The number of sulfonamides is 2. The topological polar surface area (TPSA) is 291 Å². The van der Waals surface area contributed by atoms with E-state index in [-0.39, 0.29) is 49.5 Å². The number of benzene rings is 2. The normalized spacial score (nSPS) is 23.5. The van der Waals surface area contributed by atoms with Crippen molar-refractivity contribution < 1.29 is 51.3 Å². The lowest BCUT2D eigenvalue weighted by Gasteiger charge is -2.34. The van der Waals surface area contributed by atoms with Gasteiger partial charge in [-0.1, -0.05) is 39.5 Å². The van der Waals surface area contributed by atoms with Gasteiger partial charge in [0, 0.05) is 75.7 Å². The highest BCUT2D eigenvalue weighted by atomic mass is 32.2. The molecule has 4 heterocycles. The second-order valence-electron chi connectivity index (χ2n) is 20.3. The Morgan fingerprint density at radius 3 is 1.21 bits per heavy atom. The van der Waals surface area contributed by atoms with Crippen LogP contribution >= 0.6 is 0 Å². The van der Waals surface area contributed by atoms with Crippen molar-refractivity contribution in [2.24, 2.45) is 39.4 Å². The Labute approximate surface area is 444 Å². The van der Waals surface area contributed by atoms with Gasteiger partial charge in [-0.3, -0.25) is 24.4 Å². The molecule has 2 aromatic carbocycles. The number of carboxylic acids is 1. The van der Waals surface area contributed by atoms with Crippen LogP contribution in [0.5, 0.6) is 0 Å². The number of aromatic carboxylic acids is 1. The molecule has 4 aliphatic heterocycles. The van der Waals surface area contributed by atoms with Crippen molar-refractivity contribution >= 4 is 67.6 Å². The van der Waals surface area contributed by atoms with Gasteiger partial charge in [-0.25, -0.2) is 21.6 Å². The predicted molar refractivity (Wildman–Crippen MR) is 295 cm³/mol. The van der Waals surface area contributed by atoms with Gasteiger partial charge in [0.25, 0.3) is 17.7 Å². The maximum atomic E-state index is 13.1. The lowest BCUT2D eigenvalue weighted by Crippen LogP contribution is -2.50. The Bertz CT molecular complexity index is 2660.